The van der Waals surface area contributed by atoms with Crippen molar-refractivity contribution in [2.75, 3.05) is 11.9 Å². The predicted molar refractivity (Wildman–Crippen MR) is 87.9 cm³/mol. The van der Waals surface area contributed by atoms with E-state index in [9.17, 15) is 14.9 Å². The lowest BCUT2D eigenvalue weighted by Gasteiger charge is -2.10. The van der Waals surface area contributed by atoms with Gasteiger partial charge < -0.3 is 10.1 Å². The molecule has 0 atom stereocenters. The molecule has 0 bridgehead atoms. The van der Waals surface area contributed by atoms with Crippen LogP contribution in [0.25, 0.3) is 0 Å². The SMILES string of the molecule is Cc1ccc(C)c(NC(=O)COc2ccc(C)cc2[N+](=O)[O-])c1. The number of hydrogen-bond acceptors (Lipinski definition) is 4. The molecule has 2 rings (SSSR count). The van der Waals surface area contributed by atoms with Gasteiger partial charge in [0.2, 0.25) is 0 Å². The fourth-order valence-electron chi connectivity index (χ4n) is 2.09. The average molecular weight is 314 g/mol. The number of hydrogen-bond donors (Lipinski definition) is 1. The van der Waals surface area contributed by atoms with Gasteiger partial charge in [-0.15, -0.1) is 0 Å². The maximum absolute atomic E-state index is 12.0. The lowest BCUT2D eigenvalue weighted by Crippen LogP contribution is -2.21. The summed E-state index contributed by atoms with van der Waals surface area (Å²) in [6.45, 7) is 5.28. The van der Waals surface area contributed by atoms with Crippen LogP contribution in [0.4, 0.5) is 11.4 Å². The molecular formula is C17H18N2O4. The highest BCUT2D eigenvalue weighted by molar-refractivity contribution is 5.92. The van der Waals surface area contributed by atoms with E-state index in [2.05, 4.69) is 5.32 Å². The van der Waals surface area contributed by atoms with Crippen LogP contribution in [0.3, 0.4) is 0 Å². The first-order valence-electron chi connectivity index (χ1n) is 7.12. The minimum Gasteiger partial charge on any atom is -0.477 e. The summed E-state index contributed by atoms with van der Waals surface area (Å²) in [5, 5.41) is 13.8. The van der Waals surface area contributed by atoms with Gasteiger partial charge in [-0.25, -0.2) is 0 Å². The Morgan fingerprint density at radius 1 is 1.13 bits per heavy atom. The maximum atomic E-state index is 12.0. The van der Waals surface area contributed by atoms with Crippen LogP contribution in [-0.4, -0.2) is 17.4 Å². The van der Waals surface area contributed by atoms with Crippen molar-refractivity contribution < 1.29 is 14.5 Å². The number of nitrogens with one attached hydrogen (secondary N) is 1. The fraction of sp³-hybridized carbons (Fsp3) is 0.235. The van der Waals surface area contributed by atoms with Crippen molar-refractivity contribution in [1.29, 1.82) is 0 Å². The second kappa shape index (κ2) is 6.91. The molecule has 0 heterocycles. The Morgan fingerprint density at radius 3 is 2.48 bits per heavy atom. The number of carbonyl (C=O) groups excluding carboxylic acids is 1. The Balaban J connectivity index is 2.05. The van der Waals surface area contributed by atoms with Gasteiger partial charge in [0.25, 0.3) is 5.91 Å². The number of amides is 1. The number of anilines is 1. The third-order valence-corrected chi connectivity index (χ3v) is 3.34. The van der Waals surface area contributed by atoms with E-state index in [1.165, 1.54) is 12.1 Å². The van der Waals surface area contributed by atoms with Crippen molar-refractivity contribution in [1.82, 2.24) is 0 Å². The minimum atomic E-state index is -0.523. The highest BCUT2D eigenvalue weighted by atomic mass is 16.6. The van der Waals surface area contributed by atoms with E-state index in [-0.39, 0.29) is 24.0 Å². The lowest BCUT2D eigenvalue weighted by molar-refractivity contribution is -0.385. The zero-order valence-corrected chi connectivity index (χ0v) is 13.3. The van der Waals surface area contributed by atoms with Crippen LogP contribution in [-0.2, 0) is 4.79 Å². The molecular weight excluding hydrogens is 296 g/mol. The molecule has 0 aromatic heterocycles. The van der Waals surface area contributed by atoms with Crippen LogP contribution in [0.2, 0.25) is 0 Å². The molecule has 0 saturated carbocycles. The molecule has 0 spiro atoms. The highest BCUT2D eigenvalue weighted by Gasteiger charge is 2.16. The Kier molecular flexibility index (Phi) is 4.95. The topological polar surface area (TPSA) is 81.5 Å². The van der Waals surface area contributed by atoms with Gasteiger partial charge in [0.15, 0.2) is 12.4 Å². The molecule has 1 N–H and O–H groups in total. The summed E-state index contributed by atoms with van der Waals surface area (Å²) in [5.41, 5.74) is 3.27. The summed E-state index contributed by atoms with van der Waals surface area (Å²) >= 11 is 0. The number of nitro benzene ring substituents is 1. The third-order valence-electron chi connectivity index (χ3n) is 3.34. The molecule has 6 nitrogen and oxygen atoms in total. The number of nitrogens with zero attached hydrogens (tertiary/aromatic N) is 1. The maximum Gasteiger partial charge on any atom is 0.311 e. The minimum absolute atomic E-state index is 0.0803. The van der Waals surface area contributed by atoms with Crippen LogP contribution < -0.4 is 10.1 Å². The van der Waals surface area contributed by atoms with E-state index in [0.717, 1.165) is 16.7 Å². The van der Waals surface area contributed by atoms with Gasteiger partial charge in [-0.1, -0.05) is 18.2 Å². The molecule has 2 aromatic rings. The Morgan fingerprint density at radius 2 is 1.78 bits per heavy atom. The Hall–Kier alpha value is -2.89. The zero-order valence-electron chi connectivity index (χ0n) is 13.3. The Labute approximate surface area is 134 Å². The number of rotatable bonds is 5. The molecule has 1 amide bonds. The number of benzene rings is 2. The highest BCUT2D eigenvalue weighted by Crippen LogP contribution is 2.27. The van der Waals surface area contributed by atoms with Gasteiger partial charge in [-0.05, 0) is 49.6 Å². The van der Waals surface area contributed by atoms with Crippen molar-refractivity contribution in [3.63, 3.8) is 0 Å². The monoisotopic (exact) mass is 314 g/mol. The van der Waals surface area contributed by atoms with Crippen molar-refractivity contribution in [3.8, 4) is 5.75 Å². The predicted octanol–water partition coefficient (Wildman–Crippen LogP) is 3.54. The quantitative estimate of drug-likeness (QED) is 0.676. The first kappa shape index (κ1) is 16.5. The first-order valence-corrected chi connectivity index (χ1v) is 7.12. The summed E-state index contributed by atoms with van der Waals surface area (Å²) in [4.78, 5) is 22.5. The second-order valence-electron chi connectivity index (χ2n) is 5.38. The van der Waals surface area contributed by atoms with Crippen LogP contribution >= 0.6 is 0 Å². The van der Waals surface area contributed by atoms with Crippen LogP contribution in [0.15, 0.2) is 36.4 Å². The fourth-order valence-corrected chi connectivity index (χ4v) is 2.09. The molecule has 0 radical (unpaired) electrons. The molecule has 0 aliphatic rings. The van der Waals surface area contributed by atoms with E-state index in [0.29, 0.717) is 5.69 Å². The molecule has 23 heavy (non-hydrogen) atoms. The normalized spacial score (nSPS) is 10.2. The summed E-state index contributed by atoms with van der Waals surface area (Å²) in [6, 6.07) is 10.3. The standard InChI is InChI=1S/C17H18N2O4/c1-11-4-6-13(3)14(8-11)18-17(20)10-23-16-7-5-12(2)9-15(16)19(21)22/h4-9H,10H2,1-3H3,(H,18,20). The van der Waals surface area contributed by atoms with Gasteiger partial charge in [0, 0.05) is 11.8 Å². The summed E-state index contributed by atoms with van der Waals surface area (Å²) in [7, 11) is 0. The first-order chi connectivity index (χ1) is 10.9. The molecule has 2 aromatic carbocycles. The second-order valence-corrected chi connectivity index (χ2v) is 5.38. The van der Waals surface area contributed by atoms with E-state index in [4.69, 9.17) is 4.74 Å². The molecule has 0 unspecified atom stereocenters. The van der Waals surface area contributed by atoms with Gasteiger partial charge in [0.1, 0.15) is 0 Å². The lowest BCUT2D eigenvalue weighted by atomic mass is 10.1. The Bertz CT molecular complexity index is 756. The van der Waals surface area contributed by atoms with E-state index in [1.807, 2.05) is 32.0 Å². The molecule has 6 heteroatoms. The van der Waals surface area contributed by atoms with Gasteiger partial charge in [0.05, 0.1) is 4.92 Å². The van der Waals surface area contributed by atoms with E-state index in [1.54, 1.807) is 13.0 Å². The molecule has 0 saturated heterocycles. The summed E-state index contributed by atoms with van der Waals surface area (Å²) in [6.07, 6.45) is 0. The third kappa shape index (κ3) is 4.29. The average Bonchev–Trinajstić information content (AvgIpc) is 2.49. The van der Waals surface area contributed by atoms with Crippen LogP contribution in [0.5, 0.6) is 5.75 Å². The van der Waals surface area contributed by atoms with Gasteiger partial charge >= 0.3 is 5.69 Å². The number of ether oxygens (including phenoxy) is 1. The molecule has 0 fully saturated rings. The van der Waals surface area contributed by atoms with Crippen LogP contribution in [0.1, 0.15) is 16.7 Å². The van der Waals surface area contributed by atoms with Crippen molar-refractivity contribution in [3.05, 3.63) is 63.2 Å². The zero-order chi connectivity index (χ0) is 17.0. The van der Waals surface area contributed by atoms with Crippen molar-refractivity contribution >= 4 is 17.3 Å². The van der Waals surface area contributed by atoms with E-state index >= 15 is 0 Å². The van der Waals surface area contributed by atoms with E-state index < -0.39 is 4.92 Å². The number of aryl methyl sites for hydroxylation is 3. The number of nitro groups is 1. The summed E-state index contributed by atoms with van der Waals surface area (Å²) in [5.74, 6) is -0.287. The summed E-state index contributed by atoms with van der Waals surface area (Å²) < 4.78 is 5.30. The largest absolute Gasteiger partial charge is 0.477 e. The number of carbonyl (C=O) groups is 1. The van der Waals surface area contributed by atoms with Gasteiger partial charge in [-0.2, -0.15) is 0 Å². The molecule has 0 aliphatic heterocycles. The smallest absolute Gasteiger partial charge is 0.311 e. The molecule has 120 valence electrons. The molecule has 0 aliphatic carbocycles. The van der Waals surface area contributed by atoms with Crippen molar-refractivity contribution in [2.45, 2.75) is 20.8 Å². The van der Waals surface area contributed by atoms with Crippen molar-refractivity contribution in [2.24, 2.45) is 0 Å². The van der Waals surface area contributed by atoms with Gasteiger partial charge in [-0.3, -0.25) is 14.9 Å². The van der Waals surface area contributed by atoms with Crippen LogP contribution in [0, 0.1) is 30.9 Å².